The predicted octanol–water partition coefficient (Wildman–Crippen LogP) is 0.995. The molecule has 0 spiro atoms. The molecule has 2 atom stereocenters. The summed E-state index contributed by atoms with van der Waals surface area (Å²) in [6, 6.07) is -0.104. The quantitative estimate of drug-likeness (QED) is 0.737. The molecule has 2 N–H and O–H groups in total. The molecule has 2 amide bonds. The summed E-state index contributed by atoms with van der Waals surface area (Å²) in [7, 11) is 3.54. The third-order valence-electron chi connectivity index (χ3n) is 3.37. The van der Waals surface area contributed by atoms with E-state index in [1.54, 1.807) is 24.0 Å². The second-order valence-electron chi connectivity index (χ2n) is 5.23. The van der Waals surface area contributed by atoms with Crippen LogP contribution in [0.3, 0.4) is 0 Å². The minimum Gasteiger partial charge on any atom is -0.481 e. The molecule has 0 bridgehead atoms. The third kappa shape index (κ3) is 4.52. The molecule has 0 aliphatic carbocycles. The number of hydrazine groups is 1. The summed E-state index contributed by atoms with van der Waals surface area (Å²) < 4.78 is 0. The van der Waals surface area contributed by atoms with Crippen molar-refractivity contribution in [2.45, 2.75) is 26.2 Å². The van der Waals surface area contributed by atoms with E-state index in [4.69, 9.17) is 5.11 Å². The summed E-state index contributed by atoms with van der Waals surface area (Å²) in [6.07, 6.45) is 2.11. The summed E-state index contributed by atoms with van der Waals surface area (Å²) in [5.74, 6) is -0.377. The van der Waals surface area contributed by atoms with E-state index in [1.165, 1.54) is 0 Å². The van der Waals surface area contributed by atoms with Crippen molar-refractivity contribution in [1.82, 2.24) is 15.3 Å². The Bertz CT molecular complexity index is 307. The monoisotopic (exact) mass is 257 g/mol. The molecule has 6 nitrogen and oxygen atoms in total. The molecule has 104 valence electrons. The largest absolute Gasteiger partial charge is 0.481 e. The second kappa shape index (κ2) is 6.58. The summed E-state index contributed by atoms with van der Waals surface area (Å²) >= 11 is 0. The molecular formula is C12H23N3O3. The van der Waals surface area contributed by atoms with Crippen molar-refractivity contribution in [3.63, 3.8) is 0 Å². The number of likely N-dealkylation sites (tertiary alicyclic amines) is 1. The minimum atomic E-state index is -0.766. The Morgan fingerprint density at radius 1 is 1.50 bits per heavy atom. The third-order valence-corrected chi connectivity index (χ3v) is 3.37. The Balaban J connectivity index is 2.50. The highest BCUT2D eigenvalue weighted by molar-refractivity contribution is 5.73. The van der Waals surface area contributed by atoms with Gasteiger partial charge in [-0.3, -0.25) is 10.2 Å². The van der Waals surface area contributed by atoms with Gasteiger partial charge in [0, 0.05) is 33.6 Å². The fourth-order valence-corrected chi connectivity index (χ4v) is 2.36. The Kier molecular flexibility index (Phi) is 5.40. The number of piperidine rings is 1. The first-order valence-corrected chi connectivity index (χ1v) is 6.34. The van der Waals surface area contributed by atoms with Crippen LogP contribution in [0, 0.1) is 11.8 Å². The lowest BCUT2D eigenvalue weighted by atomic mass is 9.85. The van der Waals surface area contributed by atoms with Gasteiger partial charge in [0.05, 0.1) is 0 Å². The average Bonchev–Trinajstić information content (AvgIpc) is 2.27. The molecule has 1 aliphatic rings. The second-order valence-corrected chi connectivity index (χ2v) is 5.23. The summed E-state index contributed by atoms with van der Waals surface area (Å²) in [5.41, 5.74) is 2.72. The molecule has 18 heavy (non-hydrogen) atoms. The Labute approximate surface area is 108 Å². The van der Waals surface area contributed by atoms with Crippen LogP contribution >= 0.6 is 0 Å². The Morgan fingerprint density at radius 2 is 2.17 bits per heavy atom. The molecule has 1 heterocycles. The predicted molar refractivity (Wildman–Crippen MR) is 67.9 cm³/mol. The van der Waals surface area contributed by atoms with Crippen molar-refractivity contribution in [1.29, 1.82) is 0 Å². The SMILES string of the molecule is CC(CC(=O)O)C1CCCN(C(=O)NN(C)C)C1. The summed E-state index contributed by atoms with van der Waals surface area (Å²) in [4.78, 5) is 24.3. The van der Waals surface area contributed by atoms with Crippen LogP contribution in [0.25, 0.3) is 0 Å². The van der Waals surface area contributed by atoms with Gasteiger partial charge in [-0.05, 0) is 24.7 Å². The zero-order chi connectivity index (χ0) is 13.7. The topological polar surface area (TPSA) is 72.9 Å². The van der Waals surface area contributed by atoms with E-state index in [0.29, 0.717) is 6.54 Å². The van der Waals surface area contributed by atoms with Gasteiger partial charge >= 0.3 is 12.0 Å². The lowest BCUT2D eigenvalue weighted by Crippen LogP contribution is -2.50. The van der Waals surface area contributed by atoms with Crippen molar-refractivity contribution in [3.8, 4) is 0 Å². The molecule has 0 aromatic heterocycles. The van der Waals surface area contributed by atoms with Crippen molar-refractivity contribution in [3.05, 3.63) is 0 Å². The molecule has 1 saturated heterocycles. The first kappa shape index (κ1) is 14.8. The van der Waals surface area contributed by atoms with Gasteiger partial charge in [-0.25, -0.2) is 9.80 Å². The van der Waals surface area contributed by atoms with Gasteiger partial charge in [-0.15, -0.1) is 0 Å². The normalized spacial score (nSPS) is 21.8. The van der Waals surface area contributed by atoms with Crippen molar-refractivity contribution in [2.24, 2.45) is 11.8 Å². The van der Waals surface area contributed by atoms with Gasteiger partial charge in [0.1, 0.15) is 0 Å². The van der Waals surface area contributed by atoms with E-state index in [0.717, 1.165) is 19.4 Å². The number of nitrogens with one attached hydrogen (secondary N) is 1. The number of carbonyl (C=O) groups excluding carboxylic acids is 1. The highest BCUT2D eigenvalue weighted by atomic mass is 16.4. The molecule has 2 unspecified atom stereocenters. The average molecular weight is 257 g/mol. The van der Waals surface area contributed by atoms with Gasteiger partial charge in [0.2, 0.25) is 0 Å². The first-order chi connectivity index (χ1) is 8.40. The molecule has 0 aromatic carbocycles. The number of nitrogens with zero attached hydrogens (tertiary/aromatic N) is 2. The van der Waals surface area contributed by atoms with Crippen LogP contribution < -0.4 is 5.43 Å². The van der Waals surface area contributed by atoms with E-state index in [1.807, 2.05) is 6.92 Å². The highest BCUT2D eigenvalue weighted by Gasteiger charge is 2.28. The molecule has 0 aromatic rings. The number of carbonyl (C=O) groups is 2. The van der Waals surface area contributed by atoms with Crippen LogP contribution in [0.15, 0.2) is 0 Å². The standard InChI is InChI=1S/C12H23N3O3/c1-9(7-11(16)17)10-5-4-6-15(8-10)12(18)13-14(2)3/h9-10H,4-8H2,1-3H3,(H,13,18)(H,16,17). The van der Waals surface area contributed by atoms with Crippen LogP contribution in [0.4, 0.5) is 4.79 Å². The number of carboxylic acid groups (broad SMARTS) is 1. The highest BCUT2D eigenvalue weighted by Crippen LogP contribution is 2.26. The lowest BCUT2D eigenvalue weighted by Gasteiger charge is -2.35. The van der Waals surface area contributed by atoms with E-state index in [9.17, 15) is 9.59 Å². The lowest BCUT2D eigenvalue weighted by molar-refractivity contribution is -0.138. The fraction of sp³-hybridized carbons (Fsp3) is 0.833. The molecule has 1 rings (SSSR count). The molecule has 6 heteroatoms. The maximum absolute atomic E-state index is 11.9. The van der Waals surface area contributed by atoms with Crippen molar-refractivity contribution in [2.75, 3.05) is 27.2 Å². The number of amides is 2. The minimum absolute atomic E-state index is 0.104. The zero-order valence-electron chi connectivity index (χ0n) is 11.3. The number of hydrogen-bond donors (Lipinski definition) is 2. The van der Waals surface area contributed by atoms with Gasteiger partial charge in [0.25, 0.3) is 0 Å². The number of carboxylic acids is 1. The zero-order valence-corrected chi connectivity index (χ0v) is 11.3. The number of aliphatic carboxylic acids is 1. The molecule has 1 fully saturated rings. The van der Waals surface area contributed by atoms with Gasteiger partial charge in [0.15, 0.2) is 0 Å². The Morgan fingerprint density at radius 3 is 2.72 bits per heavy atom. The Hall–Kier alpha value is -1.30. The van der Waals surface area contributed by atoms with Crippen LogP contribution in [0.2, 0.25) is 0 Å². The van der Waals surface area contributed by atoms with Crippen LogP contribution in [0.1, 0.15) is 26.2 Å². The van der Waals surface area contributed by atoms with Gasteiger partial charge in [-0.1, -0.05) is 6.92 Å². The van der Waals surface area contributed by atoms with Crippen molar-refractivity contribution >= 4 is 12.0 Å². The number of hydrogen-bond acceptors (Lipinski definition) is 3. The summed E-state index contributed by atoms with van der Waals surface area (Å²) in [6.45, 7) is 3.34. The summed E-state index contributed by atoms with van der Waals surface area (Å²) in [5, 5.41) is 10.4. The van der Waals surface area contributed by atoms with Crippen LogP contribution in [-0.2, 0) is 4.79 Å². The molecule has 1 aliphatic heterocycles. The van der Waals surface area contributed by atoms with Crippen LogP contribution in [-0.4, -0.2) is 54.2 Å². The maximum Gasteiger partial charge on any atom is 0.331 e. The maximum atomic E-state index is 11.9. The molecule has 0 radical (unpaired) electrons. The smallest absolute Gasteiger partial charge is 0.331 e. The van der Waals surface area contributed by atoms with E-state index in [2.05, 4.69) is 5.43 Å². The van der Waals surface area contributed by atoms with E-state index in [-0.39, 0.29) is 24.3 Å². The molecular weight excluding hydrogens is 234 g/mol. The van der Waals surface area contributed by atoms with Crippen molar-refractivity contribution < 1.29 is 14.7 Å². The van der Waals surface area contributed by atoms with Gasteiger partial charge in [-0.2, -0.15) is 0 Å². The molecule has 0 saturated carbocycles. The van der Waals surface area contributed by atoms with E-state index >= 15 is 0 Å². The number of urea groups is 1. The van der Waals surface area contributed by atoms with Gasteiger partial charge < -0.3 is 10.0 Å². The fourth-order valence-electron chi connectivity index (χ4n) is 2.36. The first-order valence-electron chi connectivity index (χ1n) is 6.34. The van der Waals surface area contributed by atoms with Crippen LogP contribution in [0.5, 0.6) is 0 Å². The number of rotatable bonds is 4. The van der Waals surface area contributed by atoms with E-state index < -0.39 is 5.97 Å².